The summed E-state index contributed by atoms with van der Waals surface area (Å²) in [5.74, 6) is 0.977. The highest BCUT2D eigenvalue weighted by atomic mass is 16.5. The smallest absolute Gasteiger partial charge is 0.309 e. The fraction of sp³-hybridized carbons (Fsp3) is 0.881. The first kappa shape index (κ1) is 37.0. The number of ether oxygens (including phenoxy) is 1. The average molecular weight is 682 g/mol. The van der Waals surface area contributed by atoms with E-state index in [-0.39, 0.29) is 45.9 Å². The number of carbonyl (C=O) groups is 3. The molecule has 0 aliphatic heterocycles. The van der Waals surface area contributed by atoms with E-state index in [0.717, 1.165) is 69.4 Å². The molecule has 0 amide bonds. The Labute approximate surface area is 296 Å². The van der Waals surface area contributed by atoms with Gasteiger partial charge in [-0.3, -0.25) is 14.4 Å². The highest BCUT2D eigenvalue weighted by molar-refractivity contribution is 6.00. The molecule has 0 spiro atoms. The Morgan fingerprint density at radius 3 is 2.22 bits per heavy atom. The van der Waals surface area contributed by atoms with Crippen molar-refractivity contribution >= 4 is 17.7 Å². The van der Waals surface area contributed by atoms with Crippen LogP contribution in [0.3, 0.4) is 0 Å². The largest absolute Gasteiger partial charge is 0.481 e. The second kappa shape index (κ2) is 12.5. The van der Waals surface area contributed by atoms with Crippen LogP contribution >= 0.6 is 0 Å². The summed E-state index contributed by atoms with van der Waals surface area (Å²) in [4.78, 5) is 38.7. The highest BCUT2D eigenvalue weighted by Crippen LogP contribution is 2.77. The zero-order valence-electron chi connectivity index (χ0n) is 32.2. The van der Waals surface area contributed by atoms with Crippen molar-refractivity contribution in [3.8, 4) is 0 Å². The first-order chi connectivity index (χ1) is 22.7. The molecule has 0 unspecified atom stereocenters. The lowest BCUT2D eigenvalue weighted by atomic mass is 9.33. The predicted molar refractivity (Wildman–Crippen MR) is 192 cm³/mol. The van der Waals surface area contributed by atoms with E-state index in [9.17, 15) is 24.6 Å². The minimum Gasteiger partial charge on any atom is -0.481 e. The number of carboxylic acid groups (broad SMARTS) is 1. The summed E-state index contributed by atoms with van der Waals surface area (Å²) in [5, 5.41) is 25.3. The van der Waals surface area contributed by atoms with Crippen molar-refractivity contribution in [3.63, 3.8) is 0 Å². The van der Waals surface area contributed by atoms with Crippen LogP contribution < -0.4 is 5.32 Å². The van der Waals surface area contributed by atoms with Gasteiger partial charge in [0.2, 0.25) is 0 Å². The third kappa shape index (κ3) is 5.60. The van der Waals surface area contributed by atoms with Gasteiger partial charge in [-0.2, -0.15) is 0 Å². The number of allylic oxidation sites excluding steroid dienone is 1. The van der Waals surface area contributed by atoms with Crippen LogP contribution in [-0.2, 0) is 19.1 Å². The fourth-order valence-corrected chi connectivity index (χ4v) is 13.2. The fourth-order valence-electron chi connectivity index (χ4n) is 13.2. The summed E-state index contributed by atoms with van der Waals surface area (Å²) in [6.07, 6.45) is 11.5. The van der Waals surface area contributed by atoms with Gasteiger partial charge in [-0.05, 0) is 136 Å². The molecular weight excluding hydrogens is 614 g/mol. The van der Waals surface area contributed by atoms with Crippen LogP contribution in [0.1, 0.15) is 146 Å². The Balaban J connectivity index is 1.26. The van der Waals surface area contributed by atoms with Gasteiger partial charge in [-0.25, -0.2) is 0 Å². The first-order valence-corrected chi connectivity index (χ1v) is 19.8. The molecule has 0 saturated heterocycles. The zero-order valence-corrected chi connectivity index (χ0v) is 32.2. The number of esters is 1. The van der Waals surface area contributed by atoms with Crippen LogP contribution in [-0.4, -0.2) is 53.2 Å². The molecule has 0 bridgehead atoms. The Morgan fingerprint density at radius 1 is 0.918 bits per heavy atom. The molecule has 5 saturated carbocycles. The van der Waals surface area contributed by atoms with Crippen molar-refractivity contribution in [2.24, 2.45) is 62.1 Å². The summed E-state index contributed by atoms with van der Waals surface area (Å²) in [6, 6.07) is 0. The van der Waals surface area contributed by atoms with Gasteiger partial charge in [-0.1, -0.05) is 60.5 Å². The van der Waals surface area contributed by atoms with Gasteiger partial charge in [0.1, 0.15) is 6.10 Å². The van der Waals surface area contributed by atoms with Gasteiger partial charge in [0.05, 0.1) is 17.9 Å². The number of aliphatic carboxylic acids is 1. The molecule has 5 fully saturated rings. The average Bonchev–Trinajstić information content (AvgIpc) is 3.29. The maximum Gasteiger partial charge on any atom is 0.309 e. The molecule has 49 heavy (non-hydrogen) atoms. The Kier molecular flexibility index (Phi) is 9.41. The first-order valence-electron chi connectivity index (χ1n) is 19.8. The third-order valence-corrected chi connectivity index (χ3v) is 16.5. The van der Waals surface area contributed by atoms with Crippen LogP contribution in [0.2, 0.25) is 0 Å². The molecule has 6 aliphatic rings. The van der Waals surface area contributed by atoms with Crippen LogP contribution in [0.5, 0.6) is 0 Å². The van der Waals surface area contributed by atoms with Gasteiger partial charge in [0, 0.05) is 23.8 Å². The lowest BCUT2D eigenvalue weighted by Crippen LogP contribution is -2.66. The number of aliphatic hydroxyl groups is 1. The highest BCUT2D eigenvalue weighted by Gasteiger charge is 2.70. The Hall–Kier alpha value is -1.73. The van der Waals surface area contributed by atoms with Crippen molar-refractivity contribution in [1.82, 2.24) is 5.32 Å². The summed E-state index contributed by atoms with van der Waals surface area (Å²) in [5.41, 5.74) is 0.760. The zero-order chi connectivity index (χ0) is 35.9. The summed E-state index contributed by atoms with van der Waals surface area (Å²) < 4.78 is 6.16. The van der Waals surface area contributed by atoms with Crippen molar-refractivity contribution in [2.75, 3.05) is 13.1 Å². The molecule has 6 aliphatic carbocycles. The van der Waals surface area contributed by atoms with Crippen LogP contribution in [0, 0.1) is 62.1 Å². The molecule has 0 radical (unpaired) electrons. The lowest BCUT2D eigenvalue weighted by Gasteiger charge is -2.72. The quantitative estimate of drug-likeness (QED) is 0.200. The molecule has 0 aromatic heterocycles. The molecule has 0 aromatic rings. The minimum atomic E-state index is -1.15. The molecule has 276 valence electrons. The maximum atomic E-state index is 13.9. The Morgan fingerprint density at radius 2 is 1.61 bits per heavy atom. The molecule has 7 heteroatoms. The van der Waals surface area contributed by atoms with E-state index >= 15 is 0 Å². The van der Waals surface area contributed by atoms with E-state index in [2.05, 4.69) is 53.8 Å². The lowest BCUT2D eigenvalue weighted by molar-refractivity contribution is -0.235. The molecule has 0 heterocycles. The number of hydrogen-bond donors (Lipinski definition) is 3. The topological polar surface area (TPSA) is 113 Å². The number of rotatable bonds is 10. The predicted octanol–water partition coefficient (Wildman–Crippen LogP) is 8.13. The SMILES string of the molecule is CC(C)C1=C2[C@H]3CC[C@@H]4[C@@]5(C)CC[C@H](OC(=O)CC(C)(C)C(=O)O)C(C)(C)[C@@H]5CC[C@@]4(C)[C@]3(C)CC[C@@]2([C@@H](O)CNCC2CCC2)CC1=O. The molecule has 9 atom stereocenters. The standard InChI is InChI=1S/C42H67NO6/c1-25(2)34-28(44)21-42(31(45)24-43-23-26-11-10-12-26)20-19-40(8)27(35(34)42)13-14-30-39(7)17-16-32(49-33(46)22-37(3,4)36(47)48)38(5,6)29(39)15-18-41(30,40)9/h25-27,29-32,43,45H,10-24H2,1-9H3,(H,47,48)/t27-,29+,30-,31+,32+,39+,40-,41-,42+/m1/s1. The molecule has 3 N–H and O–H groups in total. The van der Waals surface area contributed by atoms with Gasteiger partial charge in [0.25, 0.3) is 0 Å². The molecule has 0 aromatic carbocycles. The number of Topliss-reactive ketones (excluding diaryl/α,β-unsaturated/α-hetero) is 1. The van der Waals surface area contributed by atoms with Crippen LogP contribution in [0.15, 0.2) is 11.1 Å². The number of carbonyl (C=O) groups excluding carboxylic acids is 2. The van der Waals surface area contributed by atoms with Crippen LogP contribution in [0.25, 0.3) is 0 Å². The van der Waals surface area contributed by atoms with Crippen molar-refractivity contribution in [2.45, 2.75) is 158 Å². The van der Waals surface area contributed by atoms with Crippen molar-refractivity contribution < 1.29 is 29.3 Å². The number of ketones is 1. The molecule has 6 rings (SSSR count). The number of fused-ring (bicyclic) bond motifs is 7. The number of carboxylic acids is 1. The normalized spacial score (nSPS) is 40.9. The monoisotopic (exact) mass is 681 g/mol. The van der Waals surface area contributed by atoms with E-state index in [0.29, 0.717) is 30.7 Å². The maximum absolute atomic E-state index is 13.9. The van der Waals surface area contributed by atoms with Crippen LogP contribution in [0.4, 0.5) is 0 Å². The summed E-state index contributed by atoms with van der Waals surface area (Å²) >= 11 is 0. The van der Waals surface area contributed by atoms with Gasteiger partial charge in [-0.15, -0.1) is 0 Å². The minimum absolute atomic E-state index is 0.0302. The number of aliphatic hydroxyl groups excluding tert-OH is 1. The molecule has 7 nitrogen and oxygen atoms in total. The second-order valence-corrected chi connectivity index (χ2v) is 20.0. The van der Waals surface area contributed by atoms with Gasteiger partial charge < -0.3 is 20.3 Å². The summed E-state index contributed by atoms with van der Waals surface area (Å²) in [6.45, 7) is 21.3. The van der Waals surface area contributed by atoms with Crippen molar-refractivity contribution in [1.29, 1.82) is 0 Å². The number of nitrogens with one attached hydrogen (secondary N) is 1. The van der Waals surface area contributed by atoms with E-state index in [1.807, 2.05) is 0 Å². The number of hydrogen-bond acceptors (Lipinski definition) is 6. The van der Waals surface area contributed by atoms with E-state index in [1.165, 1.54) is 24.8 Å². The second-order valence-electron chi connectivity index (χ2n) is 20.0. The van der Waals surface area contributed by atoms with E-state index in [4.69, 9.17) is 4.74 Å². The van der Waals surface area contributed by atoms with Crippen molar-refractivity contribution in [3.05, 3.63) is 11.1 Å². The third-order valence-electron chi connectivity index (χ3n) is 16.5. The van der Waals surface area contributed by atoms with E-state index in [1.54, 1.807) is 13.8 Å². The van der Waals surface area contributed by atoms with Gasteiger partial charge >= 0.3 is 11.9 Å². The molecular formula is C42H67NO6. The summed E-state index contributed by atoms with van der Waals surface area (Å²) in [7, 11) is 0. The van der Waals surface area contributed by atoms with Gasteiger partial charge in [0.15, 0.2) is 5.78 Å². The Bertz CT molecular complexity index is 1380. The van der Waals surface area contributed by atoms with E-state index < -0.39 is 28.9 Å².